The standard InChI is InChI=1S/C18H14F3N5O/c1-10-2-3-11(8-12(10)18(19,20)21)16-22-5-4-13(24-16)14-9-15-17(27)23-6-7-26(15)25-14/h2-5,8-9H,6-7H2,1H3,(H,23,27). The lowest BCUT2D eigenvalue weighted by molar-refractivity contribution is -0.138. The first-order valence-electron chi connectivity index (χ1n) is 8.20. The normalized spacial score (nSPS) is 14.0. The Morgan fingerprint density at radius 1 is 1.15 bits per heavy atom. The minimum Gasteiger partial charge on any atom is -0.349 e. The number of nitrogens with zero attached hydrogens (tertiary/aromatic N) is 4. The average Bonchev–Trinajstić information content (AvgIpc) is 3.07. The molecule has 2 aromatic heterocycles. The molecule has 3 heterocycles. The zero-order valence-electron chi connectivity index (χ0n) is 14.2. The zero-order chi connectivity index (χ0) is 19.2. The molecule has 138 valence electrons. The predicted octanol–water partition coefficient (Wildman–Crippen LogP) is 3.08. The fraction of sp³-hybridized carbons (Fsp3) is 0.222. The van der Waals surface area contributed by atoms with E-state index in [2.05, 4.69) is 20.4 Å². The molecule has 9 heteroatoms. The number of carbonyl (C=O) groups excluding carboxylic acids is 1. The van der Waals surface area contributed by atoms with Crippen LogP contribution < -0.4 is 5.32 Å². The number of hydrogen-bond donors (Lipinski definition) is 1. The summed E-state index contributed by atoms with van der Waals surface area (Å²) in [6.07, 6.45) is -2.99. The van der Waals surface area contributed by atoms with Crippen LogP contribution in [0.4, 0.5) is 13.2 Å². The molecule has 1 N–H and O–H groups in total. The summed E-state index contributed by atoms with van der Waals surface area (Å²) in [5, 5.41) is 7.09. The van der Waals surface area contributed by atoms with Crippen LogP contribution in [0, 0.1) is 6.92 Å². The van der Waals surface area contributed by atoms with Gasteiger partial charge in [0.05, 0.1) is 17.8 Å². The molecule has 0 saturated heterocycles. The molecule has 27 heavy (non-hydrogen) atoms. The van der Waals surface area contributed by atoms with E-state index in [0.29, 0.717) is 30.2 Å². The van der Waals surface area contributed by atoms with Gasteiger partial charge in [0.2, 0.25) is 0 Å². The molecule has 0 spiro atoms. The van der Waals surface area contributed by atoms with Crippen LogP contribution in [-0.4, -0.2) is 32.2 Å². The summed E-state index contributed by atoms with van der Waals surface area (Å²) in [6, 6.07) is 7.20. The van der Waals surface area contributed by atoms with Crippen LogP contribution in [0.5, 0.6) is 0 Å². The van der Waals surface area contributed by atoms with Crippen LogP contribution in [0.15, 0.2) is 36.5 Å². The Morgan fingerprint density at radius 3 is 2.70 bits per heavy atom. The number of carbonyl (C=O) groups is 1. The molecule has 0 bridgehead atoms. The topological polar surface area (TPSA) is 72.7 Å². The highest BCUT2D eigenvalue weighted by Crippen LogP contribution is 2.34. The first-order valence-corrected chi connectivity index (χ1v) is 8.20. The molecule has 6 nitrogen and oxygen atoms in total. The third kappa shape index (κ3) is 3.16. The smallest absolute Gasteiger partial charge is 0.349 e. The predicted molar refractivity (Wildman–Crippen MR) is 90.8 cm³/mol. The third-order valence-corrected chi connectivity index (χ3v) is 4.34. The van der Waals surface area contributed by atoms with Gasteiger partial charge in [-0.05, 0) is 30.7 Å². The number of aryl methyl sites for hydroxylation is 1. The Labute approximate surface area is 152 Å². The monoisotopic (exact) mass is 373 g/mol. The van der Waals surface area contributed by atoms with Crippen molar-refractivity contribution in [2.75, 3.05) is 6.54 Å². The van der Waals surface area contributed by atoms with Crippen molar-refractivity contribution in [1.82, 2.24) is 25.1 Å². The number of rotatable bonds is 2. The van der Waals surface area contributed by atoms with Crippen molar-refractivity contribution < 1.29 is 18.0 Å². The first-order chi connectivity index (χ1) is 12.8. The van der Waals surface area contributed by atoms with Gasteiger partial charge in [0.1, 0.15) is 11.4 Å². The Bertz CT molecular complexity index is 1040. The van der Waals surface area contributed by atoms with Crippen LogP contribution in [-0.2, 0) is 12.7 Å². The largest absolute Gasteiger partial charge is 0.416 e. The van der Waals surface area contributed by atoms with E-state index >= 15 is 0 Å². The Hall–Kier alpha value is -3.23. The van der Waals surface area contributed by atoms with E-state index in [-0.39, 0.29) is 22.9 Å². The summed E-state index contributed by atoms with van der Waals surface area (Å²) < 4.78 is 41.1. The van der Waals surface area contributed by atoms with E-state index in [1.54, 1.807) is 22.9 Å². The number of amides is 1. The number of hydrogen-bond acceptors (Lipinski definition) is 4. The maximum atomic E-state index is 13.2. The number of nitrogens with one attached hydrogen (secondary N) is 1. The van der Waals surface area contributed by atoms with Gasteiger partial charge in [-0.2, -0.15) is 18.3 Å². The Balaban J connectivity index is 1.75. The van der Waals surface area contributed by atoms with Crippen molar-refractivity contribution in [2.45, 2.75) is 19.6 Å². The third-order valence-electron chi connectivity index (χ3n) is 4.34. The quantitative estimate of drug-likeness (QED) is 0.749. The van der Waals surface area contributed by atoms with E-state index in [4.69, 9.17) is 0 Å². The van der Waals surface area contributed by atoms with Crippen LogP contribution in [0.25, 0.3) is 22.8 Å². The van der Waals surface area contributed by atoms with Crippen molar-refractivity contribution >= 4 is 5.91 Å². The van der Waals surface area contributed by atoms with Crippen LogP contribution in [0.2, 0.25) is 0 Å². The molecule has 4 rings (SSSR count). The molecule has 3 aromatic rings. The first kappa shape index (κ1) is 17.2. The summed E-state index contributed by atoms with van der Waals surface area (Å²) >= 11 is 0. The lowest BCUT2D eigenvalue weighted by Gasteiger charge is -2.13. The number of aromatic nitrogens is 4. The molecular weight excluding hydrogens is 359 g/mol. The Morgan fingerprint density at radius 2 is 1.96 bits per heavy atom. The van der Waals surface area contributed by atoms with Gasteiger partial charge in [0, 0.05) is 18.3 Å². The average molecular weight is 373 g/mol. The molecule has 0 atom stereocenters. The molecule has 1 aliphatic heterocycles. The minimum absolute atomic E-state index is 0.134. The second-order valence-electron chi connectivity index (χ2n) is 6.19. The minimum atomic E-state index is -4.45. The Kier molecular flexibility index (Phi) is 3.94. The van der Waals surface area contributed by atoms with Crippen molar-refractivity contribution in [3.05, 3.63) is 53.3 Å². The van der Waals surface area contributed by atoms with Crippen molar-refractivity contribution in [3.63, 3.8) is 0 Å². The van der Waals surface area contributed by atoms with Crippen molar-refractivity contribution in [1.29, 1.82) is 0 Å². The summed E-state index contributed by atoms with van der Waals surface area (Å²) in [5.41, 5.74) is 0.999. The van der Waals surface area contributed by atoms with E-state index in [9.17, 15) is 18.0 Å². The molecule has 0 radical (unpaired) electrons. The summed E-state index contributed by atoms with van der Waals surface area (Å²) in [5.74, 6) is -0.0592. The summed E-state index contributed by atoms with van der Waals surface area (Å²) in [6.45, 7) is 2.45. The van der Waals surface area contributed by atoms with Gasteiger partial charge in [0.25, 0.3) is 5.91 Å². The fourth-order valence-corrected chi connectivity index (χ4v) is 2.97. The molecule has 1 aliphatic rings. The number of halogens is 3. The van der Waals surface area contributed by atoms with Gasteiger partial charge in [-0.25, -0.2) is 9.97 Å². The van der Waals surface area contributed by atoms with E-state index in [1.807, 2.05) is 0 Å². The molecule has 0 fully saturated rings. The summed E-state index contributed by atoms with van der Waals surface area (Å²) in [4.78, 5) is 20.3. The molecule has 0 aliphatic carbocycles. The summed E-state index contributed by atoms with van der Waals surface area (Å²) in [7, 11) is 0. The van der Waals surface area contributed by atoms with E-state index in [0.717, 1.165) is 6.07 Å². The maximum Gasteiger partial charge on any atom is 0.416 e. The van der Waals surface area contributed by atoms with Gasteiger partial charge in [0.15, 0.2) is 5.82 Å². The molecule has 0 unspecified atom stereocenters. The van der Waals surface area contributed by atoms with Crippen LogP contribution in [0.1, 0.15) is 21.6 Å². The zero-order valence-corrected chi connectivity index (χ0v) is 14.2. The number of fused-ring (bicyclic) bond motifs is 1. The van der Waals surface area contributed by atoms with Gasteiger partial charge in [-0.1, -0.05) is 12.1 Å². The SMILES string of the molecule is Cc1ccc(-c2nccc(-c3cc4n(n3)CCNC4=O)n2)cc1C(F)(F)F. The van der Waals surface area contributed by atoms with Crippen LogP contribution in [0.3, 0.4) is 0 Å². The van der Waals surface area contributed by atoms with Crippen molar-refractivity contribution in [3.8, 4) is 22.8 Å². The van der Waals surface area contributed by atoms with Crippen LogP contribution >= 0.6 is 0 Å². The second kappa shape index (κ2) is 6.19. The van der Waals surface area contributed by atoms with E-state index < -0.39 is 11.7 Å². The molecule has 1 aromatic carbocycles. The molecular formula is C18H14F3N5O. The highest BCUT2D eigenvalue weighted by Gasteiger charge is 2.32. The lowest BCUT2D eigenvalue weighted by atomic mass is 10.0. The molecule has 1 amide bonds. The second-order valence-corrected chi connectivity index (χ2v) is 6.19. The number of alkyl halides is 3. The highest BCUT2D eigenvalue weighted by molar-refractivity contribution is 5.94. The van der Waals surface area contributed by atoms with Crippen molar-refractivity contribution in [2.24, 2.45) is 0 Å². The maximum absolute atomic E-state index is 13.2. The molecule has 0 saturated carbocycles. The van der Waals surface area contributed by atoms with Gasteiger partial charge < -0.3 is 5.32 Å². The number of benzene rings is 1. The van der Waals surface area contributed by atoms with Gasteiger partial charge in [-0.3, -0.25) is 9.48 Å². The fourth-order valence-electron chi connectivity index (χ4n) is 2.97. The lowest BCUT2D eigenvalue weighted by Crippen LogP contribution is -2.35. The van der Waals surface area contributed by atoms with E-state index in [1.165, 1.54) is 19.2 Å². The van der Waals surface area contributed by atoms with Gasteiger partial charge >= 0.3 is 6.18 Å². The van der Waals surface area contributed by atoms with Gasteiger partial charge in [-0.15, -0.1) is 0 Å². The highest BCUT2D eigenvalue weighted by atomic mass is 19.4.